The van der Waals surface area contributed by atoms with Crippen LogP contribution in [0.25, 0.3) is 0 Å². The molecule has 0 radical (unpaired) electrons. The Morgan fingerprint density at radius 2 is 2.00 bits per heavy atom. The molecule has 0 aromatic rings. The molecule has 14 heavy (non-hydrogen) atoms. The number of amides is 1. The van der Waals surface area contributed by atoms with Crippen LogP contribution in [0.3, 0.4) is 0 Å². The van der Waals surface area contributed by atoms with Gasteiger partial charge in [0.15, 0.2) is 0 Å². The van der Waals surface area contributed by atoms with Gasteiger partial charge in [0.2, 0.25) is 0 Å². The molecule has 1 amide bonds. The number of carbonyl (C=O) groups is 1. The lowest BCUT2D eigenvalue weighted by molar-refractivity contribution is 0.0269. The van der Waals surface area contributed by atoms with Crippen molar-refractivity contribution in [3.8, 4) is 0 Å². The zero-order valence-electron chi connectivity index (χ0n) is 8.38. The quantitative estimate of drug-likeness (QED) is 0.428. The highest BCUT2D eigenvalue weighted by atomic mass is 19.3. The monoisotopic (exact) mass is 208 g/mol. The van der Waals surface area contributed by atoms with Gasteiger partial charge in [0.05, 0.1) is 6.54 Å². The van der Waals surface area contributed by atoms with Crippen molar-refractivity contribution in [2.45, 2.75) is 26.4 Å². The van der Waals surface area contributed by atoms with E-state index in [1.807, 2.05) is 0 Å². The maximum absolute atomic E-state index is 11.6. The first-order chi connectivity index (χ1) is 6.22. The van der Waals surface area contributed by atoms with Crippen LogP contribution in [0.15, 0.2) is 12.2 Å². The van der Waals surface area contributed by atoms with Crippen molar-refractivity contribution in [2.24, 2.45) is 5.84 Å². The van der Waals surface area contributed by atoms with Crippen LogP contribution in [-0.2, 0) is 4.74 Å². The molecule has 0 aromatic carbocycles. The lowest BCUT2D eigenvalue weighted by Gasteiger charge is -2.23. The van der Waals surface area contributed by atoms with Gasteiger partial charge in [0.25, 0.3) is 6.08 Å². The summed E-state index contributed by atoms with van der Waals surface area (Å²) in [6.45, 7) is 4.59. The molecule has 4 nitrogen and oxygen atoms in total. The fraction of sp³-hybridized carbons (Fsp3) is 0.625. The van der Waals surface area contributed by atoms with Gasteiger partial charge in [-0.05, 0) is 20.8 Å². The molecule has 0 atom stereocenters. The van der Waals surface area contributed by atoms with Gasteiger partial charge in [-0.3, -0.25) is 0 Å². The molecule has 0 fully saturated rings. The van der Waals surface area contributed by atoms with Crippen LogP contribution in [0.5, 0.6) is 0 Å². The summed E-state index contributed by atoms with van der Waals surface area (Å²) in [5.74, 6) is 5.15. The average molecular weight is 208 g/mol. The van der Waals surface area contributed by atoms with Crippen LogP contribution < -0.4 is 5.84 Å². The Morgan fingerprint density at radius 1 is 1.50 bits per heavy atom. The number of hydrogen-bond acceptors (Lipinski definition) is 3. The lowest BCUT2D eigenvalue weighted by atomic mass is 10.2. The highest BCUT2D eigenvalue weighted by molar-refractivity contribution is 5.67. The van der Waals surface area contributed by atoms with Gasteiger partial charge < -0.3 is 4.74 Å². The van der Waals surface area contributed by atoms with Gasteiger partial charge in [-0.2, -0.15) is 8.78 Å². The van der Waals surface area contributed by atoms with Gasteiger partial charge in [0, 0.05) is 6.08 Å². The fourth-order valence-electron chi connectivity index (χ4n) is 0.562. The maximum atomic E-state index is 11.6. The molecule has 0 saturated heterocycles. The zero-order valence-corrected chi connectivity index (χ0v) is 8.38. The number of ether oxygens (including phenoxy) is 1. The first-order valence-electron chi connectivity index (χ1n) is 3.99. The number of nitrogens with two attached hydrogens (primary N) is 1. The van der Waals surface area contributed by atoms with E-state index in [1.165, 1.54) is 0 Å². The molecule has 0 rings (SSSR count). The van der Waals surface area contributed by atoms with Gasteiger partial charge in [-0.15, -0.1) is 0 Å². The second-order valence-electron chi connectivity index (χ2n) is 3.63. The predicted octanol–water partition coefficient (Wildman–Crippen LogP) is 1.88. The summed E-state index contributed by atoms with van der Waals surface area (Å²) >= 11 is 0. The first kappa shape index (κ1) is 12.8. The van der Waals surface area contributed by atoms with Crippen molar-refractivity contribution in [1.82, 2.24) is 5.01 Å². The number of rotatable bonds is 2. The first-order valence-corrected chi connectivity index (χ1v) is 3.99. The molecule has 0 saturated carbocycles. The van der Waals surface area contributed by atoms with Crippen molar-refractivity contribution >= 4 is 6.09 Å². The van der Waals surface area contributed by atoms with Crippen molar-refractivity contribution in [3.05, 3.63) is 12.2 Å². The van der Waals surface area contributed by atoms with Crippen LogP contribution in [0.4, 0.5) is 13.6 Å². The molecule has 0 aliphatic rings. The Hall–Kier alpha value is -1.17. The number of hydrogen-bond donors (Lipinski definition) is 1. The van der Waals surface area contributed by atoms with E-state index in [2.05, 4.69) is 0 Å². The summed E-state index contributed by atoms with van der Waals surface area (Å²) < 4.78 is 28.1. The Morgan fingerprint density at radius 3 is 2.36 bits per heavy atom. The minimum atomic E-state index is -1.89. The number of nitrogens with zero attached hydrogens (tertiary/aromatic N) is 1. The Bertz CT molecular complexity index is 232. The number of carbonyl (C=O) groups excluding carboxylic acids is 1. The molecule has 0 heterocycles. The SMILES string of the molecule is CC(C)(C)OC(=O)N(N)CC=C(F)F. The summed E-state index contributed by atoms with van der Waals surface area (Å²) in [6, 6.07) is 0. The number of hydrazine groups is 1. The summed E-state index contributed by atoms with van der Waals surface area (Å²) in [5, 5.41) is 0.574. The number of halogens is 2. The van der Waals surface area contributed by atoms with E-state index in [0.29, 0.717) is 11.1 Å². The van der Waals surface area contributed by atoms with E-state index in [4.69, 9.17) is 10.6 Å². The smallest absolute Gasteiger partial charge is 0.424 e. The van der Waals surface area contributed by atoms with E-state index < -0.39 is 17.8 Å². The standard InChI is InChI=1S/C8H14F2N2O2/c1-8(2,3)14-7(13)12(11)5-4-6(9)10/h4H,5,11H2,1-3H3. The third-order valence-corrected chi connectivity index (χ3v) is 1.07. The van der Waals surface area contributed by atoms with Gasteiger partial charge in [0.1, 0.15) is 5.60 Å². The van der Waals surface area contributed by atoms with E-state index in [1.54, 1.807) is 20.8 Å². The molecule has 0 aliphatic carbocycles. The minimum Gasteiger partial charge on any atom is -0.443 e. The second kappa shape index (κ2) is 4.90. The maximum Gasteiger partial charge on any atom is 0.424 e. The summed E-state index contributed by atoms with van der Waals surface area (Å²) in [4.78, 5) is 11.1. The topological polar surface area (TPSA) is 55.6 Å². The van der Waals surface area contributed by atoms with Gasteiger partial charge in [-0.25, -0.2) is 15.6 Å². The van der Waals surface area contributed by atoms with Gasteiger partial charge in [-0.1, -0.05) is 0 Å². The molecular weight excluding hydrogens is 194 g/mol. The predicted molar refractivity (Wildman–Crippen MR) is 47.4 cm³/mol. The zero-order chi connectivity index (χ0) is 11.4. The molecule has 0 unspecified atom stereocenters. The van der Waals surface area contributed by atoms with E-state index in [-0.39, 0.29) is 6.54 Å². The van der Waals surface area contributed by atoms with Gasteiger partial charge >= 0.3 is 6.09 Å². The fourth-order valence-corrected chi connectivity index (χ4v) is 0.562. The van der Waals surface area contributed by atoms with Crippen LogP contribution in [-0.4, -0.2) is 23.2 Å². The molecule has 0 spiro atoms. The molecular formula is C8H14F2N2O2. The highest BCUT2D eigenvalue weighted by Gasteiger charge is 2.19. The van der Waals surface area contributed by atoms with E-state index >= 15 is 0 Å². The van der Waals surface area contributed by atoms with Crippen LogP contribution in [0.1, 0.15) is 20.8 Å². The average Bonchev–Trinajstić information content (AvgIpc) is 1.96. The normalized spacial score (nSPS) is 10.7. The third-order valence-electron chi connectivity index (χ3n) is 1.07. The Balaban J connectivity index is 4.07. The molecule has 0 aromatic heterocycles. The van der Waals surface area contributed by atoms with Crippen LogP contribution >= 0.6 is 0 Å². The van der Waals surface area contributed by atoms with Crippen molar-refractivity contribution in [3.63, 3.8) is 0 Å². The van der Waals surface area contributed by atoms with Crippen molar-refractivity contribution in [1.29, 1.82) is 0 Å². The Labute approximate surface area is 81.3 Å². The summed E-state index contributed by atoms with van der Waals surface area (Å²) in [5.41, 5.74) is -0.688. The lowest BCUT2D eigenvalue weighted by Crippen LogP contribution is -2.41. The molecule has 6 heteroatoms. The molecule has 2 N–H and O–H groups in total. The van der Waals surface area contributed by atoms with E-state index in [9.17, 15) is 13.6 Å². The van der Waals surface area contributed by atoms with Crippen LogP contribution in [0, 0.1) is 0 Å². The Kier molecular flexibility index (Phi) is 4.49. The summed E-state index contributed by atoms with van der Waals surface area (Å²) in [7, 11) is 0. The second-order valence-corrected chi connectivity index (χ2v) is 3.63. The highest BCUT2D eigenvalue weighted by Crippen LogP contribution is 2.08. The third kappa shape index (κ3) is 6.36. The minimum absolute atomic E-state index is 0.378. The van der Waals surface area contributed by atoms with E-state index in [0.717, 1.165) is 0 Å². The molecule has 0 aliphatic heterocycles. The van der Waals surface area contributed by atoms with Crippen LogP contribution in [0.2, 0.25) is 0 Å². The molecule has 0 bridgehead atoms. The molecule has 82 valence electrons. The van der Waals surface area contributed by atoms with Crippen molar-refractivity contribution in [2.75, 3.05) is 6.54 Å². The summed E-state index contributed by atoms with van der Waals surface area (Å²) in [6.07, 6.45) is -2.19. The van der Waals surface area contributed by atoms with Crippen molar-refractivity contribution < 1.29 is 18.3 Å². The largest absolute Gasteiger partial charge is 0.443 e.